The highest BCUT2D eigenvalue weighted by Gasteiger charge is 2.41. The molecule has 1 aromatic carbocycles. The first-order chi connectivity index (χ1) is 16.2. The monoisotopic (exact) mass is 464 g/mol. The number of morpholine rings is 1. The number of nitrogens with zero attached hydrogens (tertiary/aromatic N) is 3. The molecule has 2 aliphatic heterocycles. The fraction of sp³-hybridized carbons (Fsp3) is 0.480. The minimum atomic E-state index is -0.0748. The first kappa shape index (κ1) is 21.1. The lowest BCUT2D eigenvalue weighted by Gasteiger charge is -2.43. The summed E-state index contributed by atoms with van der Waals surface area (Å²) in [5, 5.41) is 8.30. The molecule has 8 heteroatoms. The van der Waals surface area contributed by atoms with Crippen LogP contribution in [0.5, 0.6) is 0 Å². The Balaban J connectivity index is 1.33. The van der Waals surface area contributed by atoms with Crippen molar-refractivity contribution in [2.45, 2.75) is 30.7 Å². The molecule has 0 spiro atoms. The van der Waals surface area contributed by atoms with Crippen LogP contribution in [0.25, 0.3) is 22.4 Å². The van der Waals surface area contributed by atoms with Crippen LogP contribution < -0.4 is 5.32 Å². The summed E-state index contributed by atoms with van der Waals surface area (Å²) in [6, 6.07) is 11.8. The number of carbonyl (C=O) groups excluding carboxylic acids is 1. The molecule has 7 nitrogen and oxygen atoms in total. The molecule has 3 aliphatic rings. The van der Waals surface area contributed by atoms with E-state index in [9.17, 15) is 4.79 Å². The van der Waals surface area contributed by atoms with Crippen LogP contribution in [0.2, 0.25) is 0 Å². The zero-order chi connectivity index (χ0) is 22.3. The van der Waals surface area contributed by atoms with Crippen molar-refractivity contribution in [2.75, 3.05) is 44.4 Å². The van der Waals surface area contributed by atoms with E-state index in [0.29, 0.717) is 34.8 Å². The number of nitrogens with one attached hydrogen (secondary N) is 1. The van der Waals surface area contributed by atoms with Gasteiger partial charge in [-0.25, -0.2) is 4.98 Å². The van der Waals surface area contributed by atoms with Crippen molar-refractivity contribution >= 4 is 28.8 Å². The van der Waals surface area contributed by atoms with Gasteiger partial charge in [0.25, 0.3) is 11.6 Å². The highest BCUT2D eigenvalue weighted by atomic mass is 32.2. The van der Waals surface area contributed by atoms with Crippen molar-refractivity contribution in [1.29, 1.82) is 0 Å². The third-order valence-electron chi connectivity index (χ3n) is 7.10. The molecule has 0 bridgehead atoms. The van der Waals surface area contributed by atoms with Crippen LogP contribution >= 0.6 is 11.8 Å². The lowest BCUT2D eigenvalue weighted by Crippen LogP contribution is -2.59. The molecule has 3 fully saturated rings. The second-order valence-electron chi connectivity index (χ2n) is 9.26. The Bertz CT molecular complexity index is 1150. The molecule has 1 atom stereocenters. The smallest absolute Gasteiger partial charge is 0.259 e. The third-order valence-corrected chi connectivity index (χ3v) is 8.33. The van der Waals surface area contributed by atoms with E-state index < -0.39 is 0 Å². The number of hydrogen-bond donors (Lipinski definition) is 1. The van der Waals surface area contributed by atoms with E-state index in [1.807, 2.05) is 48.2 Å². The molecule has 2 aromatic heterocycles. The Kier molecular flexibility index (Phi) is 5.60. The van der Waals surface area contributed by atoms with Crippen LogP contribution in [0.1, 0.15) is 41.2 Å². The van der Waals surface area contributed by atoms with Gasteiger partial charge in [0.2, 0.25) is 0 Å². The fourth-order valence-electron chi connectivity index (χ4n) is 5.01. The van der Waals surface area contributed by atoms with Gasteiger partial charge >= 0.3 is 0 Å². The van der Waals surface area contributed by atoms with Crippen molar-refractivity contribution in [3.05, 3.63) is 47.7 Å². The van der Waals surface area contributed by atoms with Crippen molar-refractivity contribution < 1.29 is 14.1 Å². The lowest BCUT2D eigenvalue weighted by atomic mass is 9.95. The number of carbonyl (C=O) groups is 1. The number of pyridine rings is 1. The summed E-state index contributed by atoms with van der Waals surface area (Å²) in [5.74, 6) is 2.50. The average molecular weight is 465 g/mol. The van der Waals surface area contributed by atoms with Gasteiger partial charge in [-0.2, -0.15) is 11.8 Å². The predicted octanol–water partition coefficient (Wildman–Crippen LogP) is 3.70. The zero-order valence-corrected chi connectivity index (χ0v) is 19.4. The lowest BCUT2D eigenvalue weighted by molar-refractivity contribution is -0.0129. The topological polar surface area (TPSA) is 80.5 Å². The molecule has 1 aliphatic carbocycles. The normalized spacial score (nSPS) is 23.8. The molecule has 2 saturated heterocycles. The predicted molar refractivity (Wildman–Crippen MR) is 129 cm³/mol. The van der Waals surface area contributed by atoms with Crippen molar-refractivity contribution in [1.82, 2.24) is 20.4 Å². The van der Waals surface area contributed by atoms with Crippen LogP contribution in [0, 0.1) is 0 Å². The molecule has 172 valence electrons. The molecule has 1 amide bonds. The largest absolute Gasteiger partial charge is 0.379 e. The van der Waals surface area contributed by atoms with E-state index in [0.717, 1.165) is 68.3 Å². The number of amides is 1. The molecule has 4 heterocycles. The summed E-state index contributed by atoms with van der Waals surface area (Å²) in [5.41, 5.74) is 3.58. The van der Waals surface area contributed by atoms with Crippen LogP contribution in [0.15, 0.2) is 40.9 Å². The van der Waals surface area contributed by atoms with Gasteiger partial charge in [0.15, 0.2) is 0 Å². The van der Waals surface area contributed by atoms with E-state index in [1.54, 1.807) is 0 Å². The van der Waals surface area contributed by atoms with Crippen LogP contribution in [0.4, 0.5) is 0 Å². The van der Waals surface area contributed by atoms with Crippen LogP contribution in [-0.4, -0.2) is 70.8 Å². The van der Waals surface area contributed by atoms with Gasteiger partial charge < -0.3 is 14.6 Å². The van der Waals surface area contributed by atoms with Crippen LogP contribution in [-0.2, 0) is 4.74 Å². The van der Waals surface area contributed by atoms with Crippen LogP contribution in [0.3, 0.4) is 0 Å². The number of benzene rings is 1. The maximum Gasteiger partial charge on any atom is 0.259 e. The summed E-state index contributed by atoms with van der Waals surface area (Å²) in [6.07, 6.45) is 3.30. The quantitative estimate of drug-likeness (QED) is 0.596. The number of ether oxygens (including phenoxy) is 1. The first-order valence-electron chi connectivity index (χ1n) is 11.8. The summed E-state index contributed by atoms with van der Waals surface area (Å²) < 4.78 is 11.2. The van der Waals surface area contributed by atoms with E-state index in [4.69, 9.17) is 14.2 Å². The average Bonchev–Trinajstić information content (AvgIpc) is 3.45. The van der Waals surface area contributed by atoms with Crippen molar-refractivity contribution in [3.8, 4) is 11.3 Å². The summed E-state index contributed by atoms with van der Waals surface area (Å²) in [7, 11) is 0. The van der Waals surface area contributed by atoms with E-state index in [-0.39, 0.29) is 11.4 Å². The number of aromatic nitrogens is 2. The minimum absolute atomic E-state index is 0.00746. The molecule has 6 rings (SSSR count). The van der Waals surface area contributed by atoms with Gasteiger partial charge in [-0.3, -0.25) is 9.69 Å². The Labute approximate surface area is 197 Å². The van der Waals surface area contributed by atoms with Gasteiger partial charge in [-0.05, 0) is 31.1 Å². The molecule has 1 unspecified atom stereocenters. The molecular weight excluding hydrogens is 436 g/mol. The van der Waals surface area contributed by atoms with E-state index in [2.05, 4.69) is 15.4 Å². The zero-order valence-electron chi connectivity index (χ0n) is 18.6. The first-order valence-corrected chi connectivity index (χ1v) is 12.9. The standard InChI is InChI=1S/C25H28N4O3S/c30-23(26-15-25(8-13-33-16-25)29-9-11-31-12-10-29)19-14-20(17-6-7-17)27-24-21(19)22(28-32-24)18-4-2-1-3-5-18/h1-5,14,17H,6-13,15-16H2,(H,26,30). The molecule has 1 N–H and O–H groups in total. The van der Waals surface area contributed by atoms with Gasteiger partial charge in [0, 0.05) is 48.1 Å². The highest BCUT2D eigenvalue weighted by molar-refractivity contribution is 7.99. The summed E-state index contributed by atoms with van der Waals surface area (Å²) >= 11 is 1.97. The fourth-order valence-corrected chi connectivity index (χ4v) is 6.48. The van der Waals surface area contributed by atoms with E-state index in [1.165, 1.54) is 0 Å². The van der Waals surface area contributed by atoms with Gasteiger partial charge in [0.1, 0.15) is 5.69 Å². The maximum absolute atomic E-state index is 13.7. The second-order valence-corrected chi connectivity index (χ2v) is 10.4. The number of fused-ring (bicyclic) bond motifs is 1. The van der Waals surface area contributed by atoms with Crippen molar-refractivity contribution in [2.24, 2.45) is 0 Å². The van der Waals surface area contributed by atoms with Gasteiger partial charge in [-0.1, -0.05) is 35.5 Å². The Morgan fingerprint density at radius 1 is 1.21 bits per heavy atom. The molecule has 3 aromatic rings. The maximum atomic E-state index is 13.7. The second kappa shape index (κ2) is 8.74. The minimum Gasteiger partial charge on any atom is -0.379 e. The summed E-state index contributed by atoms with van der Waals surface area (Å²) in [4.78, 5) is 20.9. The van der Waals surface area contributed by atoms with Crippen molar-refractivity contribution in [3.63, 3.8) is 0 Å². The molecule has 33 heavy (non-hydrogen) atoms. The van der Waals surface area contributed by atoms with Gasteiger partial charge in [-0.15, -0.1) is 0 Å². The Morgan fingerprint density at radius 2 is 2.03 bits per heavy atom. The number of hydrogen-bond acceptors (Lipinski definition) is 7. The summed E-state index contributed by atoms with van der Waals surface area (Å²) in [6.45, 7) is 4.00. The third kappa shape index (κ3) is 4.05. The number of rotatable bonds is 6. The van der Waals surface area contributed by atoms with Gasteiger partial charge in [0.05, 0.1) is 24.2 Å². The SMILES string of the molecule is O=C(NCC1(N2CCOCC2)CCSC1)c1cc(C2CC2)nc2onc(-c3ccccc3)c12. The Morgan fingerprint density at radius 3 is 2.76 bits per heavy atom. The Hall–Kier alpha value is -2.42. The number of thioether (sulfide) groups is 1. The highest BCUT2D eigenvalue weighted by Crippen LogP contribution is 2.41. The van der Waals surface area contributed by atoms with E-state index >= 15 is 0 Å². The molecular formula is C25H28N4O3S. The molecule has 1 saturated carbocycles. The molecule has 0 radical (unpaired) electrons.